The van der Waals surface area contributed by atoms with E-state index in [4.69, 9.17) is 5.11 Å². The minimum Gasteiger partial charge on any atom is -0.478 e. The molecule has 2 N–H and O–H groups in total. The Kier molecular flexibility index (Phi) is 3.39. The number of carboxylic acids is 1. The molecule has 4 heteroatoms. The van der Waals surface area contributed by atoms with Crippen molar-refractivity contribution in [3.63, 3.8) is 0 Å². The molecule has 0 amide bonds. The van der Waals surface area contributed by atoms with Crippen molar-refractivity contribution in [2.45, 2.75) is 6.61 Å². The third kappa shape index (κ3) is 2.24. The number of aliphatic hydroxyl groups excluding tert-OH is 1. The van der Waals surface area contributed by atoms with Crippen LogP contribution in [0.2, 0.25) is 0 Å². The van der Waals surface area contributed by atoms with Gasteiger partial charge in [0, 0.05) is 0 Å². The third-order valence-electron chi connectivity index (χ3n) is 2.70. The molecular weight excluding hydrogens is 235 g/mol. The number of hydrogen-bond donors (Lipinski definition) is 2. The van der Waals surface area contributed by atoms with Gasteiger partial charge in [-0.15, -0.1) is 0 Å². The van der Waals surface area contributed by atoms with Crippen molar-refractivity contribution >= 4 is 5.97 Å². The molecule has 0 spiro atoms. The van der Waals surface area contributed by atoms with Crippen molar-refractivity contribution in [2.75, 3.05) is 0 Å². The molecule has 0 radical (unpaired) electrons. The van der Waals surface area contributed by atoms with Crippen LogP contribution < -0.4 is 0 Å². The Morgan fingerprint density at radius 1 is 1.17 bits per heavy atom. The van der Waals surface area contributed by atoms with Crippen LogP contribution in [0.1, 0.15) is 15.9 Å². The summed E-state index contributed by atoms with van der Waals surface area (Å²) in [4.78, 5) is 10.9. The van der Waals surface area contributed by atoms with Crippen LogP contribution in [-0.2, 0) is 6.61 Å². The quantitative estimate of drug-likeness (QED) is 0.875. The fourth-order valence-electron chi connectivity index (χ4n) is 1.80. The van der Waals surface area contributed by atoms with E-state index >= 15 is 0 Å². The second kappa shape index (κ2) is 4.98. The van der Waals surface area contributed by atoms with Gasteiger partial charge in [0.15, 0.2) is 0 Å². The molecule has 0 atom stereocenters. The number of carbonyl (C=O) groups is 1. The molecule has 2 rings (SSSR count). The molecule has 0 heterocycles. The molecule has 2 aromatic rings. The number of aliphatic hydroxyl groups is 1. The summed E-state index contributed by atoms with van der Waals surface area (Å²) in [5.41, 5.74) is 1.56. The highest BCUT2D eigenvalue weighted by atomic mass is 19.1. The van der Waals surface area contributed by atoms with Crippen molar-refractivity contribution in [1.29, 1.82) is 0 Å². The Bertz CT molecular complexity index is 593. The van der Waals surface area contributed by atoms with Gasteiger partial charge in [-0.05, 0) is 28.8 Å². The van der Waals surface area contributed by atoms with Gasteiger partial charge in [0.1, 0.15) is 5.82 Å². The lowest BCUT2D eigenvalue weighted by atomic mass is 9.98. The van der Waals surface area contributed by atoms with Crippen molar-refractivity contribution in [2.24, 2.45) is 0 Å². The maximum Gasteiger partial charge on any atom is 0.338 e. The number of hydrogen-bond acceptors (Lipinski definition) is 2. The van der Waals surface area contributed by atoms with E-state index in [0.29, 0.717) is 16.7 Å². The summed E-state index contributed by atoms with van der Waals surface area (Å²) in [7, 11) is 0. The number of benzene rings is 2. The van der Waals surface area contributed by atoms with Gasteiger partial charge in [0.2, 0.25) is 0 Å². The van der Waals surface area contributed by atoms with Crippen LogP contribution in [0.4, 0.5) is 4.39 Å². The molecule has 0 aliphatic rings. The normalized spacial score (nSPS) is 10.3. The second-order valence-corrected chi connectivity index (χ2v) is 3.82. The zero-order chi connectivity index (χ0) is 13.1. The lowest BCUT2D eigenvalue weighted by molar-refractivity contribution is 0.0692. The lowest BCUT2D eigenvalue weighted by Crippen LogP contribution is -2.01. The van der Waals surface area contributed by atoms with Crippen molar-refractivity contribution in [3.8, 4) is 11.1 Å². The van der Waals surface area contributed by atoms with E-state index in [0.717, 1.165) is 6.07 Å². The maximum atomic E-state index is 13.3. The largest absolute Gasteiger partial charge is 0.478 e. The summed E-state index contributed by atoms with van der Waals surface area (Å²) < 4.78 is 13.3. The molecule has 0 aliphatic carbocycles. The van der Waals surface area contributed by atoms with Crippen LogP contribution in [0.3, 0.4) is 0 Å². The standard InChI is InChI=1S/C14H11FO3/c15-13-6-5-9(7-12(13)14(17)18)11-4-2-1-3-10(11)8-16/h1-7,16H,8H2,(H,17,18). The van der Waals surface area contributed by atoms with E-state index in [1.54, 1.807) is 24.3 Å². The van der Waals surface area contributed by atoms with Crippen molar-refractivity contribution in [3.05, 3.63) is 59.4 Å². The molecule has 0 aliphatic heterocycles. The molecule has 0 unspecified atom stereocenters. The SMILES string of the molecule is O=C(O)c1cc(-c2ccccc2CO)ccc1F. The summed E-state index contributed by atoms with van der Waals surface area (Å²) in [6.07, 6.45) is 0. The molecule has 0 bridgehead atoms. The smallest absolute Gasteiger partial charge is 0.338 e. The molecule has 0 saturated heterocycles. The van der Waals surface area contributed by atoms with Gasteiger partial charge in [-0.25, -0.2) is 9.18 Å². The van der Waals surface area contributed by atoms with E-state index in [1.165, 1.54) is 12.1 Å². The molecule has 0 fully saturated rings. The van der Waals surface area contributed by atoms with Gasteiger partial charge in [-0.3, -0.25) is 0 Å². The van der Waals surface area contributed by atoms with Crippen LogP contribution in [0.25, 0.3) is 11.1 Å². The number of aromatic carboxylic acids is 1. The Morgan fingerprint density at radius 2 is 1.89 bits per heavy atom. The van der Waals surface area contributed by atoms with E-state index in [1.807, 2.05) is 0 Å². The molecule has 0 saturated carbocycles. The first-order chi connectivity index (χ1) is 8.63. The molecule has 2 aromatic carbocycles. The average Bonchev–Trinajstić information content (AvgIpc) is 2.39. The highest BCUT2D eigenvalue weighted by Crippen LogP contribution is 2.25. The number of rotatable bonds is 3. The Morgan fingerprint density at radius 3 is 2.56 bits per heavy atom. The summed E-state index contributed by atoms with van der Waals surface area (Å²) in [5.74, 6) is -2.08. The fraction of sp³-hybridized carbons (Fsp3) is 0.0714. The average molecular weight is 246 g/mol. The van der Waals surface area contributed by atoms with Gasteiger partial charge < -0.3 is 10.2 Å². The van der Waals surface area contributed by atoms with Crippen LogP contribution >= 0.6 is 0 Å². The minimum absolute atomic E-state index is 0.157. The van der Waals surface area contributed by atoms with E-state index < -0.39 is 11.8 Å². The monoisotopic (exact) mass is 246 g/mol. The van der Waals surface area contributed by atoms with Crippen LogP contribution in [0.15, 0.2) is 42.5 Å². The van der Waals surface area contributed by atoms with Gasteiger partial charge in [0.25, 0.3) is 0 Å². The van der Waals surface area contributed by atoms with Gasteiger partial charge >= 0.3 is 5.97 Å². The highest BCUT2D eigenvalue weighted by molar-refractivity contribution is 5.90. The van der Waals surface area contributed by atoms with E-state index in [2.05, 4.69) is 0 Å². The summed E-state index contributed by atoms with van der Waals surface area (Å²) >= 11 is 0. The number of carboxylic acid groups (broad SMARTS) is 1. The Hall–Kier alpha value is -2.20. The highest BCUT2D eigenvalue weighted by Gasteiger charge is 2.12. The summed E-state index contributed by atoms with van der Waals surface area (Å²) in [5, 5.41) is 18.1. The first-order valence-corrected chi connectivity index (χ1v) is 5.35. The van der Waals surface area contributed by atoms with Crippen LogP contribution in [-0.4, -0.2) is 16.2 Å². The van der Waals surface area contributed by atoms with E-state index in [9.17, 15) is 14.3 Å². The molecule has 0 aromatic heterocycles. The lowest BCUT2D eigenvalue weighted by Gasteiger charge is -2.08. The fourth-order valence-corrected chi connectivity index (χ4v) is 1.80. The zero-order valence-corrected chi connectivity index (χ0v) is 9.43. The van der Waals surface area contributed by atoms with Crippen LogP contribution in [0, 0.1) is 5.82 Å². The second-order valence-electron chi connectivity index (χ2n) is 3.82. The van der Waals surface area contributed by atoms with Crippen molar-refractivity contribution in [1.82, 2.24) is 0 Å². The molecule has 18 heavy (non-hydrogen) atoms. The Labute approximate surface area is 103 Å². The van der Waals surface area contributed by atoms with Crippen molar-refractivity contribution < 1.29 is 19.4 Å². The van der Waals surface area contributed by atoms with E-state index in [-0.39, 0.29) is 12.2 Å². The zero-order valence-electron chi connectivity index (χ0n) is 9.43. The molecule has 3 nitrogen and oxygen atoms in total. The van der Waals surface area contributed by atoms with Gasteiger partial charge in [-0.2, -0.15) is 0 Å². The first kappa shape index (κ1) is 12.3. The minimum atomic E-state index is -1.31. The molecule has 92 valence electrons. The maximum absolute atomic E-state index is 13.3. The number of halogens is 1. The summed E-state index contributed by atoms with van der Waals surface area (Å²) in [6.45, 7) is -0.157. The van der Waals surface area contributed by atoms with Gasteiger partial charge in [-0.1, -0.05) is 30.3 Å². The predicted octanol–water partition coefficient (Wildman–Crippen LogP) is 2.68. The third-order valence-corrected chi connectivity index (χ3v) is 2.70. The predicted molar refractivity (Wildman–Crippen MR) is 64.7 cm³/mol. The van der Waals surface area contributed by atoms with Crippen LogP contribution in [0.5, 0.6) is 0 Å². The summed E-state index contributed by atoms with van der Waals surface area (Å²) in [6, 6.07) is 10.9. The molecular formula is C14H11FO3. The first-order valence-electron chi connectivity index (χ1n) is 5.35. The van der Waals surface area contributed by atoms with Gasteiger partial charge in [0.05, 0.1) is 12.2 Å². The topological polar surface area (TPSA) is 57.5 Å². The Balaban J connectivity index is 2.58.